The van der Waals surface area contributed by atoms with Crippen LogP contribution < -0.4 is 0 Å². The molecule has 0 aliphatic heterocycles. The van der Waals surface area contributed by atoms with E-state index >= 15 is 0 Å². The lowest BCUT2D eigenvalue weighted by Crippen LogP contribution is -1.98. The van der Waals surface area contributed by atoms with Gasteiger partial charge >= 0.3 is 0 Å². The minimum absolute atomic E-state index is 0.422. The highest BCUT2D eigenvalue weighted by Gasteiger charge is 2.15. The van der Waals surface area contributed by atoms with Gasteiger partial charge in [0, 0.05) is 10.2 Å². The van der Waals surface area contributed by atoms with Gasteiger partial charge in [0.1, 0.15) is 17.2 Å². The summed E-state index contributed by atoms with van der Waals surface area (Å²) in [5.74, 6) is 1.46. The summed E-state index contributed by atoms with van der Waals surface area (Å²) in [5.41, 5.74) is 2.35. The normalized spacial score (nSPS) is 11.2. The van der Waals surface area contributed by atoms with Crippen LogP contribution in [0.3, 0.4) is 0 Å². The Kier molecular flexibility index (Phi) is 3.03. The van der Waals surface area contributed by atoms with E-state index in [-0.39, 0.29) is 0 Å². The first-order chi connectivity index (χ1) is 9.06. The van der Waals surface area contributed by atoms with Crippen LogP contribution in [0.1, 0.15) is 11.6 Å². The first kappa shape index (κ1) is 12.6. The minimum atomic E-state index is 0.422. The SMILES string of the molecule is Cc1nc(Cl)c2c(n1)nc(C)n2-c1ccc(Br)cc1. The molecular weight excluding hydrogens is 328 g/mol. The molecule has 4 nitrogen and oxygen atoms in total. The molecular formula is C13H10BrClN4. The van der Waals surface area contributed by atoms with Gasteiger partial charge in [0.15, 0.2) is 10.8 Å². The first-order valence-corrected chi connectivity index (χ1v) is 6.88. The average molecular weight is 338 g/mol. The Morgan fingerprint density at radius 2 is 1.74 bits per heavy atom. The molecule has 2 aromatic heterocycles. The molecule has 3 aromatic rings. The number of benzene rings is 1. The van der Waals surface area contributed by atoms with Crippen molar-refractivity contribution in [2.45, 2.75) is 13.8 Å². The van der Waals surface area contributed by atoms with Crippen LogP contribution >= 0.6 is 27.5 Å². The summed E-state index contributed by atoms with van der Waals surface area (Å²) in [7, 11) is 0. The van der Waals surface area contributed by atoms with Crippen LogP contribution in [0.4, 0.5) is 0 Å². The molecule has 0 spiro atoms. The summed E-state index contributed by atoms with van der Waals surface area (Å²) < 4.78 is 2.99. The number of halogens is 2. The number of rotatable bonds is 1. The fourth-order valence-corrected chi connectivity index (χ4v) is 2.62. The van der Waals surface area contributed by atoms with Gasteiger partial charge in [-0.25, -0.2) is 15.0 Å². The number of aromatic nitrogens is 4. The van der Waals surface area contributed by atoms with Crippen molar-refractivity contribution in [1.29, 1.82) is 0 Å². The average Bonchev–Trinajstić information content (AvgIpc) is 2.66. The van der Waals surface area contributed by atoms with Crippen molar-refractivity contribution in [3.05, 3.63) is 45.5 Å². The molecule has 6 heteroatoms. The summed E-state index contributed by atoms with van der Waals surface area (Å²) in [6.07, 6.45) is 0. The summed E-state index contributed by atoms with van der Waals surface area (Å²) in [6.45, 7) is 3.73. The van der Waals surface area contributed by atoms with E-state index in [4.69, 9.17) is 11.6 Å². The van der Waals surface area contributed by atoms with Crippen molar-refractivity contribution in [3.8, 4) is 5.69 Å². The Morgan fingerprint density at radius 1 is 1.05 bits per heavy atom. The van der Waals surface area contributed by atoms with Crippen molar-refractivity contribution in [2.75, 3.05) is 0 Å². The number of fused-ring (bicyclic) bond motifs is 1. The third-order valence-electron chi connectivity index (χ3n) is 2.83. The van der Waals surface area contributed by atoms with Crippen LogP contribution in [-0.4, -0.2) is 19.5 Å². The highest BCUT2D eigenvalue weighted by molar-refractivity contribution is 9.10. The molecule has 0 radical (unpaired) electrons. The van der Waals surface area contributed by atoms with E-state index in [1.54, 1.807) is 6.92 Å². The fourth-order valence-electron chi connectivity index (χ4n) is 2.06. The van der Waals surface area contributed by atoms with Gasteiger partial charge in [-0.05, 0) is 38.1 Å². The molecule has 2 heterocycles. The highest BCUT2D eigenvalue weighted by Crippen LogP contribution is 2.26. The molecule has 0 aliphatic carbocycles. The van der Waals surface area contributed by atoms with Crippen LogP contribution in [0.15, 0.2) is 28.7 Å². The number of hydrogen-bond donors (Lipinski definition) is 0. The van der Waals surface area contributed by atoms with E-state index in [0.717, 1.165) is 21.5 Å². The molecule has 1 aromatic carbocycles. The van der Waals surface area contributed by atoms with Crippen LogP contribution in [-0.2, 0) is 0 Å². The first-order valence-electron chi connectivity index (χ1n) is 5.71. The number of aryl methyl sites for hydroxylation is 2. The van der Waals surface area contributed by atoms with Gasteiger partial charge < -0.3 is 0 Å². The topological polar surface area (TPSA) is 43.6 Å². The number of imidazole rings is 1. The molecule has 0 fully saturated rings. The largest absolute Gasteiger partial charge is 0.292 e. The van der Waals surface area contributed by atoms with Crippen molar-refractivity contribution >= 4 is 38.7 Å². The summed E-state index contributed by atoms with van der Waals surface area (Å²) in [5, 5.41) is 0.422. The minimum Gasteiger partial charge on any atom is -0.292 e. The predicted octanol–water partition coefficient (Wildman–Crippen LogP) is 3.85. The van der Waals surface area contributed by atoms with Crippen LogP contribution in [0, 0.1) is 13.8 Å². The van der Waals surface area contributed by atoms with Crippen molar-refractivity contribution in [1.82, 2.24) is 19.5 Å². The zero-order valence-corrected chi connectivity index (χ0v) is 12.7. The molecule has 0 amide bonds. The number of hydrogen-bond acceptors (Lipinski definition) is 3. The van der Waals surface area contributed by atoms with Crippen molar-refractivity contribution in [3.63, 3.8) is 0 Å². The van der Waals surface area contributed by atoms with E-state index in [1.807, 2.05) is 35.8 Å². The molecule has 19 heavy (non-hydrogen) atoms. The van der Waals surface area contributed by atoms with Crippen LogP contribution in [0.2, 0.25) is 5.15 Å². The van der Waals surface area contributed by atoms with E-state index in [0.29, 0.717) is 16.6 Å². The van der Waals surface area contributed by atoms with Crippen LogP contribution in [0.25, 0.3) is 16.9 Å². The lowest BCUT2D eigenvalue weighted by molar-refractivity contribution is 0.998. The summed E-state index contributed by atoms with van der Waals surface area (Å²) in [4.78, 5) is 13.0. The Morgan fingerprint density at radius 3 is 2.42 bits per heavy atom. The maximum atomic E-state index is 6.24. The van der Waals surface area contributed by atoms with Gasteiger partial charge in [-0.2, -0.15) is 0 Å². The summed E-state index contributed by atoms with van der Waals surface area (Å²) >= 11 is 9.67. The molecule has 0 aliphatic rings. The molecule has 0 saturated heterocycles. The highest BCUT2D eigenvalue weighted by atomic mass is 79.9. The molecule has 0 atom stereocenters. The second kappa shape index (κ2) is 4.58. The van der Waals surface area contributed by atoms with Crippen LogP contribution in [0.5, 0.6) is 0 Å². The second-order valence-electron chi connectivity index (χ2n) is 4.20. The zero-order chi connectivity index (χ0) is 13.6. The van der Waals surface area contributed by atoms with E-state index in [2.05, 4.69) is 30.9 Å². The Bertz CT molecular complexity index is 764. The lowest BCUT2D eigenvalue weighted by Gasteiger charge is -2.07. The molecule has 0 N–H and O–H groups in total. The van der Waals surface area contributed by atoms with Crippen molar-refractivity contribution < 1.29 is 0 Å². The molecule has 0 unspecified atom stereocenters. The molecule has 0 bridgehead atoms. The second-order valence-corrected chi connectivity index (χ2v) is 5.48. The van der Waals surface area contributed by atoms with E-state index < -0.39 is 0 Å². The third-order valence-corrected chi connectivity index (χ3v) is 3.63. The molecule has 0 saturated carbocycles. The van der Waals surface area contributed by atoms with Gasteiger partial charge in [-0.15, -0.1) is 0 Å². The lowest BCUT2D eigenvalue weighted by atomic mass is 10.3. The van der Waals surface area contributed by atoms with Gasteiger partial charge in [0.2, 0.25) is 0 Å². The Labute approximate surface area is 123 Å². The Balaban J connectivity index is 2.34. The quantitative estimate of drug-likeness (QED) is 0.634. The van der Waals surface area contributed by atoms with Gasteiger partial charge in [-0.3, -0.25) is 4.57 Å². The van der Waals surface area contributed by atoms with Crippen molar-refractivity contribution in [2.24, 2.45) is 0 Å². The number of nitrogens with zero attached hydrogens (tertiary/aromatic N) is 4. The third kappa shape index (κ3) is 2.13. The maximum absolute atomic E-state index is 6.24. The van der Waals surface area contributed by atoms with Gasteiger partial charge in [0.25, 0.3) is 0 Å². The smallest absolute Gasteiger partial charge is 0.183 e. The zero-order valence-electron chi connectivity index (χ0n) is 10.4. The monoisotopic (exact) mass is 336 g/mol. The predicted molar refractivity (Wildman–Crippen MR) is 78.8 cm³/mol. The molecule has 96 valence electrons. The molecule has 3 rings (SSSR count). The fraction of sp³-hybridized carbons (Fsp3) is 0.154. The van der Waals surface area contributed by atoms with E-state index in [1.165, 1.54) is 0 Å². The van der Waals surface area contributed by atoms with E-state index in [9.17, 15) is 0 Å². The van der Waals surface area contributed by atoms with Gasteiger partial charge in [-0.1, -0.05) is 27.5 Å². The summed E-state index contributed by atoms with van der Waals surface area (Å²) in [6, 6.07) is 7.94. The maximum Gasteiger partial charge on any atom is 0.183 e. The standard InChI is InChI=1S/C13H10BrClN4/c1-7-16-12(15)11-13(17-7)18-8(2)19(11)10-5-3-9(14)4-6-10/h3-6H,1-2H3. The van der Waals surface area contributed by atoms with Gasteiger partial charge in [0.05, 0.1) is 0 Å². The Hall–Kier alpha value is -1.46.